The minimum atomic E-state index is -0.533. The van der Waals surface area contributed by atoms with Crippen LogP contribution in [0.25, 0.3) is 0 Å². The Morgan fingerprint density at radius 2 is 2.00 bits per heavy atom. The molecule has 0 aliphatic rings. The van der Waals surface area contributed by atoms with Crippen LogP contribution in [0.1, 0.15) is 20.8 Å². The zero-order valence-corrected chi connectivity index (χ0v) is 5.51. The molecule has 0 fully saturated rings. The molecule has 0 rings (SSSR count). The van der Waals surface area contributed by atoms with Crippen LogP contribution in [0, 0.1) is 0 Å². The Kier molecular flexibility index (Phi) is 2.72. The van der Waals surface area contributed by atoms with E-state index in [2.05, 4.69) is 4.89 Å². The SMILES string of the molecule is C/C=C/C(C)(C)OO. The first kappa shape index (κ1) is 7.66. The monoisotopic (exact) mass is 116 g/mol. The summed E-state index contributed by atoms with van der Waals surface area (Å²) >= 11 is 0. The predicted octanol–water partition coefficient (Wildman–Crippen LogP) is 1.83. The van der Waals surface area contributed by atoms with E-state index in [-0.39, 0.29) is 0 Å². The molecule has 0 bridgehead atoms. The summed E-state index contributed by atoms with van der Waals surface area (Å²) < 4.78 is 0. The van der Waals surface area contributed by atoms with E-state index >= 15 is 0 Å². The van der Waals surface area contributed by atoms with Gasteiger partial charge in [-0.3, -0.25) is 5.26 Å². The molecule has 0 aliphatic heterocycles. The number of hydrogen-bond acceptors (Lipinski definition) is 2. The molecule has 8 heavy (non-hydrogen) atoms. The van der Waals surface area contributed by atoms with Crippen molar-refractivity contribution in [1.82, 2.24) is 0 Å². The van der Waals surface area contributed by atoms with Crippen LogP contribution < -0.4 is 0 Å². The van der Waals surface area contributed by atoms with Crippen molar-refractivity contribution in [3.63, 3.8) is 0 Å². The van der Waals surface area contributed by atoms with Crippen LogP contribution >= 0.6 is 0 Å². The second kappa shape index (κ2) is 2.84. The van der Waals surface area contributed by atoms with Crippen LogP contribution in [-0.2, 0) is 4.89 Å². The molecule has 2 heteroatoms. The van der Waals surface area contributed by atoms with E-state index in [0.717, 1.165) is 0 Å². The number of allylic oxidation sites excluding steroid dienone is 1. The fraction of sp³-hybridized carbons (Fsp3) is 0.667. The fourth-order valence-corrected chi connectivity index (χ4v) is 0.432. The van der Waals surface area contributed by atoms with Gasteiger partial charge >= 0.3 is 0 Å². The van der Waals surface area contributed by atoms with Crippen molar-refractivity contribution in [1.29, 1.82) is 0 Å². The van der Waals surface area contributed by atoms with Gasteiger partial charge in [0.25, 0.3) is 0 Å². The number of rotatable bonds is 2. The Balaban J connectivity index is 3.71. The van der Waals surface area contributed by atoms with Crippen LogP contribution in [0.15, 0.2) is 12.2 Å². The quantitative estimate of drug-likeness (QED) is 0.339. The summed E-state index contributed by atoms with van der Waals surface area (Å²) in [6.45, 7) is 5.42. The third-order valence-electron chi connectivity index (χ3n) is 0.803. The molecule has 0 saturated heterocycles. The van der Waals surface area contributed by atoms with Gasteiger partial charge in [0.2, 0.25) is 0 Å². The zero-order chi connectivity index (χ0) is 6.62. The van der Waals surface area contributed by atoms with Gasteiger partial charge in [0, 0.05) is 0 Å². The third-order valence-corrected chi connectivity index (χ3v) is 0.803. The first-order chi connectivity index (χ1) is 3.62. The second-order valence-electron chi connectivity index (χ2n) is 2.19. The van der Waals surface area contributed by atoms with E-state index in [1.807, 2.05) is 13.0 Å². The van der Waals surface area contributed by atoms with Crippen molar-refractivity contribution in [3.8, 4) is 0 Å². The molecule has 0 aromatic heterocycles. The smallest absolute Gasteiger partial charge is 0.116 e. The van der Waals surface area contributed by atoms with E-state index in [1.165, 1.54) is 0 Å². The highest BCUT2D eigenvalue weighted by atomic mass is 17.1. The van der Waals surface area contributed by atoms with Gasteiger partial charge < -0.3 is 0 Å². The molecule has 1 N–H and O–H groups in total. The van der Waals surface area contributed by atoms with Gasteiger partial charge in [-0.2, -0.15) is 0 Å². The summed E-state index contributed by atoms with van der Waals surface area (Å²) in [4.78, 5) is 4.09. The first-order valence-corrected chi connectivity index (χ1v) is 2.59. The van der Waals surface area contributed by atoms with E-state index in [0.29, 0.717) is 0 Å². The van der Waals surface area contributed by atoms with Crippen LogP contribution in [0.3, 0.4) is 0 Å². The molecule has 0 spiro atoms. The maximum absolute atomic E-state index is 8.17. The molecule has 0 heterocycles. The second-order valence-corrected chi connectivity index (χ2v) is 2.19. The summed E-state index contributed by atoms with van der Waals surface area (Å²) in [5.74, 6) is 0. The Morgan fingerprint density at radius 1 is 1.50 bits per heavy atom. The molecule has 0 aliphatic carbocycles. The standard InChI is InChI=1S/C6H12O2/c1-4-5-6(2,3)8-7/h4-5,7H,1-3H3/b5-4+. The molecule has 0 aromatic carbocycles. The Bertz CT molecular complexity index is 84.5. The summed E-state index contributed by atoms with van der Waals surface area (Å²) in [5, 5.41) is 8.17. The van der Waals surface area contributed by atoms with Crippen LogP contribution in [0.2, 0.25) is 0 Å². The molecular weight excluding hydrogens is 104 g/mol. The van der Waals surface area contributed by atoms with Gasteiger partial charge in [-0.05, 0) is 20.8 Å². The Labute approximate surface area is 49.7 Å². The Morgan fingerprint density at radius 3 is 2.12 bits per heavy atom. The highest BCUT2D eigenvalue weighted by molar-refractivity contribution is 4.93. The summed E-state index contributed by atoms with van der Waals surface area (Å²) in [6.07, 6.45) is 3.60. The third kappa shape index (κ3) is 2.77. The normalized spacial score (nSPS) is 13.0. The van der Waals surface area contributed by atoms with E-state index in [4.69, 9.17) is 5.26 Å². The van der Waals surface area contributed by atoms with Gasteiger partial charge in [0.1, 0.15) is 5.60 Å². The maximum Gasteiger partial charge on any atom is 0.116 e. The van der Waals surface area contributed by atoms with Crippen molar-refractivity contribution in [2.75, 3.05) is 0 Å². The lowest BCUT2D eigenvalue weighted by Gasteiger charge is -2.13. The van der Waals surface area contributed by atoms with Crippen molar-refractivity contribution in [2.24, 2.45) is 0 Å². The fourth-order valence-electron chi connectivity index (χ4n) is 0.432. The van der Waals surface area contributed by atoms with Gasteiger partial charge in [-0.1, -0.05) is 12.2 Å². The van der Waals surface area contributed by atoms with Gasteiger partial charge in [-0.25, -0.2) is 4.89 Å². The molecule has 0 unspecified atom stereocenters. The molecule has 0 atom stereocenters. The largest absolute Gasteiger partial charge is 0.251 e. The minimum absolute atomic E-state index is 0.533. The van der Waals surface area contributed by atoms with Gasteiger partial charge in [-0.15, -0.1) is 0 Å². The topological polar surface area (TPSA) is 29.5 Å². The maximum atomic E-state index is 8.17. The average molecular weight is 116 g/mol. The van der Waals surface area contributed by atoms with Gasteiger partial charge in [0.15, 0.2) is 0 Å². The van der Waals surface area contributed by atoms with Crippen molar-refractivity contribution >= 4 is 0 Å². The van der Waals surface area contributed by atoms with Crippen molar-refractivity contribution in [3.05, 3.63) is 12.2 Å². The lowest BCUT2D eigenvalue weighted by molar-refractivity contribution is -0.297. The predicted molar refractivity (Wildman–Crippen MR) is 32.6 cm³/mol. The first-order valence-electron chi connectivity index (χ1n) is 2.59. The number of hydrogen-bond donors (Lipinski definition) is 1. The van der Waals surface area contributed by atoms with Crippen molar-refractivity contribution in [2.45, 2.75) is 26.4 Å². The molecule has 0 radical (unpaired) electrons. The highest BCUT2D eigenvalue weighted by Gasteiger charge is 2.11. The van der Waals surface area contributed by atoms with Gasteiger partial charge in [0.05, 0.1) is 0 Å². The van der Waals surface area contributed by atoms with E-state index < -0.39 is 5.60 Å². The van der Waals surface area contributed by atoms with Crippen LogP contribution in [0.4, 0.5) is 0 Å². The summed E-state index contributed by atoms with van der Waals surface area (Å²) in [6, 6.07) is 0. The molecule has 0 aromatic rings. The Hall–Kier alpha value is -0.340. The van der Waals surface area contributed by atoms with Crippen molar-refractivity contribution < 1.29 is 10.1 Å². The summed E-state index contributed by atoms with van der Waals surface area (Å²) in [7, 11) is 0. The lowest BCUT2D eigenvalue weighted by Crippen LogP contribution is -2.18. The molecule has 0 saturated carbocycles. The average Bonchev–Trinajstić information content (AvgIpc) is 1.67. The molecular formula is C6H12O2. The molecule has 2 nitrogen and oxygen atoms in total. The highest BCUT2D eigenvalue weighted by Crippen LogP contribution is 2.07. The zero-order valence-electron chi connectivity index (χ0n) is 5.51. The lowest BCUT2D eigenvalue weighted by atomic mass is 10.1. The van der Waals surface area contributed by atoms with E-state index in [9.17, 15) is 0 Å². The van der Waals surface area contributed by atoms with Crippen LogP contribution in [0.5, 0.6) is 0 Å². The summed E-state index contributed by atoms with van der Waals surface area (Å²) in [5.41, 5.74) is -0.533. The molecule has 0 amide bonds. The molecule has 48 valence electrons. The van der Waals surface area contributed by atoms with Crippen LogP contribution in [-0.4, -0.2) is 10.9 Å². The van der Waals surface area contributed by atoms with E-state index in [1.54, 1.807) is 19.9 Å². The minimum Gasteiger partial charge on any atom is -0.251 e.